The fraction of sp³-hybridized carbons (Fsp3) is 0.333. The molecule has 7 nitrogen and oxygen atoms in total. The lowest BCUT2D eigenvalue weighted by Crippen LogP contribution is -2.40. The molecule has 1 atom stereocenters. The van der Waals surface area contributed by atoms with Crippen molar-refractivity contribution in [1.82, 2.24) is 9.88 Å². The van der Waals surface area contributed by atoms with Crippen LogP contribution in [-0.2, 0) is 11.3 Å². The topological polar surface area (TPSA) is 83.7 Å². The molecule has 0 aliphatic carbocycles. The average molecular weight is 421 g/mol. The summed E-state index contributed by atoms with van der Waals surface area (Å²) in [5.41, 5.74) is 2.91. The van der Waals surface area contributed by atoms with Crippen molar-refractivity contribution in [3.8, 4) is 5.75 Å². The van der Waals surface area contributed by atoms with E-state index >= 15 is 0 Å². The first-order valence-corrected chi connectivity index (χ1v) is 10.5. The Hall–Kier alpha value is -3.32. The molecule has 0 spiro atoms. The van der Waals surface area contributed by atoms with Crippen LogP contribution >= 0.6 is 0 Å². The zero-order valence-corrected chi connectivity index (χ0v) is 17.8. The lowest BCUT2D eigenvalue weighted by molar-refractivity contribution is 0.0818. The van der Waals surface area contributed by atoms with Crippen molar-refractivity contribution < 1.29 is 14.3 Å². The van der Waals surface area contributed by atoms with Crippen LogP contribution in [0.1, 0.15) is 24.0 Å². The number of pyridine rings is 1. The maximum atomic E-state index is 13.1. The monoisotopic (exact) mass is 421 g/mol. The van der Waals surface area contributed by atoms with Crippen molar-refractivity contribution in [2.24, 2.45) is 0 Å². The minimum absolute atomic E-state index is 0.0246. The molecule has 2 amide bonds. The summed E-state index contributed by atoms with van der Waals surface area (Å²) in [4.78, 5) is 30.4. The molecule has 0 radical (unpaired) electrons. The predicted octanol–water partition coefficient (Wildman–Crippen LogP) is 4.06. The van der Waals surface area contributed by atoms with E-state index in [0.29, 0.717) is 30.2 Å². The molecule has 2 heterocycles. The van der Waals surface area contributed by atoms with Gasteiger partial charge in [0.25, 0.3) is 5.56 Å². The summed E-state index contributed by atoms with van der Waals surface area (Å²) in [6.45, 7) is 3.33. The number of ether oxygens (including phenoxy) is 2. The Morgan fingerprint density at radius 1 is 1.23 bits per heavy atom. The molecule has 1 aliphatic heterocycles. The second-order valence-electron chi connectivity index (χ2n) is 7.89. The molecule has 2 aromatic carbocycles. The van der Waals surface area contributed by atoms with Gasteiger partial charge in [-0.15, -0.1) is 0 Å². The van der Waals surface area contributed by atoms with Gasteiger partial charge in [-0.05, 0) is 67.6 Å². The number of hydrogen-bond acceptors (Lipinski definition) is 4. The number of aromatic amines is 1. The number of rotatable bonds is 6. The van der Waals surface area contributed by atoms with Crippen LogP contribution in [0, 0.1) is 6.92 Å². The van der Waals surface area contributed by atoms with Gasteiger partial charge in [0.1, 0.15) is 5.75 Å². The average Bonchev–Trinajstić information content (AvgIpc) is 3.27. The number of aromatic nitrogens is 1. The molecule has 1 saturated heterocycles. The third-order valence-corrected chi connectivity index (χ3v) is 5.51. The van der Waals surface area contributed by atoms with Crippen molar-refractivity contribution in [3.63, 3.8) is 0 Å². The number of amides is 2. The third kappa shape index (κ3) is 5.06. The molecule has 2 N–H and O–H groups in total. The number of nitrogens with one attached hydrogen (secondary N) is 2. The molecule has 3 aromatic rings. The van der Waals surface area contributed by atoms with E-state index in [9.17, 15) is 9.59 Å². The second-order valence-corrected chi connectivity index (χ2v) is 7.89. The quantitative estimate of drug-likeness (QED) is 0.629. The van der Waals surface area contributed by atoms with Crippen LogP contribution in [0.15, 0.2) is 53.3 Å². The molecular formula is C24H27N3O4. The molecular weight excluding hydrogens is 394 g/mol. The normalized spacial score (nSPS) is 15.7. The number of nitrogens with zero attached hydrogens (tertiary/aromatic N) is 1. The number of methoxy groups -OCH3 is 1. The highest BCUT2D eigenvalue weighted by Gasteiger charge is 2.24. The van der Waals surface area contributed by atoms with Crippen LogP contribution in [0.25, 0.3) is 10.9 Å². The van der Waals surface area contributed by atoms with Gasteiger partial charge in [0, 0.05) is 29.9 Å². The molecule has 0 saturated carbocycles. The van der Waals surface area contributed by atoms with Gasteiger partial charge in [-0.2, -0.15) is 0 Å². The zero-order chi connectivity index (χ0) is 21.8. The van der Waals surface area contributed by atoms with Crippen LogP contribution < -0.4 is 15.6 Å². The van der Waals surface area contributed by atoms with Crippen molar-refractivity contribution in [1.29, 1.82) is 0 Å². The Morgan fingerprint density at radius 3 is 2.74 bits per heavy atom. The number of fused-ring (bicyclic) bond motifs is 1. The molecule has 1 aliphatic rings. The molecule has 162 valence electrons. The highest BCUT2D eigenvalue weighted by atomic mass is 16.5. The fourth-order valence-electron chi connectivity index (χ4n) is 3.82. The molecule has 1 aromatic heterocycles. The van der Waals surface area contributed by atoms with Crippen molar-refractivity contribution in [3.05, 3.63) is 70.0 Å². The van der Waals surface area contributed by atoms with Crippen LogP contribution in [0.2, 0.25) is 0 Å². The minimum atomic E-state index is -0.274. The Kier molecular flexibility index (Phi) is 6.23. The zero-order valence-electron chi connectivity index (χ0n) is 17.8. The number of hydrogen-bond donors (Lipinski definition) is 2. The van der Waals surface area contributed by atoms with E-state index in [1.807, 2.05) is 31.2 Å². The highest BCUT2D eigenvalue weighted by molar-refractivity contribution is 5.89. The second kappa shape index (κ2) is 9.22. The van der Waals surface area contributed by atoms with Crippen molar-refractivity contribution in [2.75, 3.05) is 25.6 Å². The number of anilines is 1. The summed E-state index contributed by atoms with van der Waals surface area (Å²) in [5.74, 6) is 0.715. The fourth-order valence-corrected chi connectivity index (χ4v) is 3.82. The van der Waals surface area contributed by atoms with Crippen LogP contribution in [-0.4, -0.2) is 42.3 Å². The van der Waals surface area contributed by atoms with Crippen LogP contribution in [0.4, 0.5) is 10.5 Å². The van der Waals surface area contributed by atoms with Crippen molar-refractivity contribution in [2.45, 2.75) is 32.4 Å². The largest absolute Gasteiger partial charge is 0.497 e. The van der Waals surface area contributed by atoms with E-state index in [4.69, 9.17) is 9.47 Å². The first kappa shape index (κ1) is 20.9. The van der Waals surface area contributed by atoms with Gasteiger partial charge in [0.05, 0.1) is 19.8 Å². The maximum absolute atomic E-state index is 13.1. The van der Waals surface area contributed by atoms with Gasteiger partial charge in [-0.25, -0.2) is 4.79 Å². The number of H-pyrrole nitrogens is 1. The number of urea groups is 1. The summed E-state index contributed by atoms with van der Waals surface area (Å²) in [7, 11) is 1.60. The Bertz CT molecular complexity index is 1120. The summed E-state index contributed by atoms with van der Waals surface area (Å²) in [5, 5.41) is 3.86. The summed E-state index contributed by atoms with van der Waals surface area (Å²) < 4.78 is 10.9. The first-order valence-electron chi connectivity index (χ1n) is 10.5. The smallest absolute Gasteiger partial charge is 0.322 e. The van der Waals surface area contributed by atoms with Crippen molar-refractivity contribution >= 4 is 22.6 Å². The van der Waals surface area contributed by atoms with E-state index in [1.54, 1.807) is 36.3 Å². The van der Waals surface area contributed by atoms with E-state index in [1.165, 1.54) is 0 Å². The van der Waals surface area contributed by atoms with Gasteiger partial charge in [0.15, 0.2) is 0 Å². The van der Waals surface area contributed by atoms with E-state index < -0.39 is 0 Å². The first-order chi connectivity index (χ1) is 15.0. The van der Waals surface area contributed by atoms with Gasteiger partial charge in [0.2, 0.25) is 0 Å². The van der Waals surface area contributed by atoms with E-state index in [-0.39, 0.29) is 24.2 Å². The molecule has 31 heavy (non-hydrogen) atoms. The number of aryl methyl sites for hydroxylation is 1. The Balaban J connectivity index is 1.58. The third-order valence-electron chi connectivity index (χ3n) is 5.51. The van der Waals surface area contributed by atoms with Gasteiger partial charge in [-0.1, -0.05) is 11.6 Å². The molecule has 0 bridgehead atoms. The number of carbonyl (C=O) groups is 1. The number of benzene rings is 2. The van der Waals surface area contributed by atoms with Gasteiger partial charge >= 0.3 is 6.03 Å². The lowest BCUT2D eigenvalue weighted by Gasteiger charge is -2.26. The maximum Gasteiger partial charge on any atom is 0.322 e. The Morgan fingerprint density at radius 2 is 2.03 bits per heavy atom. The van der Waals surface area contributed by atoms with Gasteiger partial charge < -0.3 is 24.7 Å². The molecule has 0 unspecified atom stereocenters. The predicted molar refractivity (Wildman–Crippen MR) is 121 cm³/mol. The molecule has 1 fully saturated rings. The minimum Gasteiger partial charge on any atom is -0.497 e. The Labute approximate surface area is 181 Å². The number of carbonyl (C=O) groups excluding carboxylic acids is 1. The van der Waals surface area contributed by atoms with Crippen LogP contribution in [0.5, 0.6) is 5.75 Å². The van der Waals surface area contributed by atoms with Gasteiger partial charge in [-0.3, -0.25) is 4.79 Å². The lowest BCUT2D eigenvalue weighted by atomic mass is 10.1. The van der Waals surface area contributed by atoms with Crippen LogP contribution in [0.3, 0.4) is 0 Å². The summed E-state index contributed by atoms with van der Waals surface area (Å²) in [6, 6.07) is 14.6. The summed E-state index contributed by atoms with van der Waals surface area (Å²) in [6.07, 6.45) is 1.86. The van der Waals surface area contributed by atoms with E-state index in [0.717, 1.165) is 29.3 Å². The SMILES string of the molecule is COc1ccc(NC(=O)N(Cc2cc3cc(C)ccc3[nH]c2=O)C[C@H]2CCCO2)cc1. The van der Waals surface area contributed by atoms with E-state index in [2.05, 4.69) is 10.3 Å². The molecule has 7 heteroatoms. The molecule has 4 rings (SSSR count). The summed E-state index contributed by atoms with van der Waals surface area (Å²) >= 11 is 0. The highest BCUT2D eigenvalue weighted by Crippen LogP contribution is 2.19. The standard InChI is InChI=1S/C24H27N3O4/c1-16-5-10-22-17(12-16)13-18(23(28)26-22)14-27(15-21-4-3-11-31-21)24(29)25-19-6-8-20(30-2)9-7-19/h5-10,12-13,21H,3-4,11,14-15H2,1-2H3,(H,25,29)(H,26,28)/t21-/m1/s1.